The third kappa shape index (κ3) is 4.75. The van der Waals surface area contributed by atoms with Gasteiger partial charge in [0.15, 0.2) is 0 Å². The van der Waals surface area contributed by atoms with Gasteiger partial charge in [-0.2, -0.15) is 13.2 Å². The van der Waals surface area contributed by atoms with E-state index >= 15 is 0 Å². The second kappa shape index (κ2) is 8.51. The molecule has 2 aromatic carbocycles. The quantitative estimate of drug-likeness (QED) is 0.517. The number of benzene rings is 2. The van der Waals surface area contributed by atoms with Gasteiger partial charge in [-0.15, -0.1) is 11.1 Å². The number of anilines is 1. The number of halogens is 3. The van der Waals surface area contributed by atoms with E-state index in [1.165, 1.54) is 13.2 Å². The number of carboxylic acid groups (broad SMARTS) is 1. The number of carboxylic acids is 1. The third-order valence-corrected chi connectivity index (χ3v) is 7.64. The van der Waals surface area contributed by atoms with Gasteiger partial charge in [0.05, 0.1) is 23.9 Å². The number of aromatic carboxylic acids is 1. The lowest BCUT2D eigenvalue weighted by molar-refractivity contribution is -0.137. The Morgan fingerprint density at radius 1 is 1.19 bits per heavy atom. The summed E-state index contributed by atoms with van der Waals surface area (Å²) in [6.07, 6.45) is -1.21. The molecule has 172 valence electrons. The predicted molar refractivity (Wildman–Crippen MR) is 118 cm³/mol. The Morgan fingerprint density at radius 3 is 2.41 bits per heavy atom. The molecule has 0 fully saturated rings. The summed E-state index contributed by atoms with van der Waals surface area (Å²) in [5, 5.41) is 9.20. The van der Waals surface area contributed by atoms with Crippen molar-refractivity contribution in [3.05, 3.63) is 59.2 Å². The molecule has 2 N–H and O–H groups in total. The second-order valence-electron chi connectivity index (χ2n) is 6.83. The molecule has 0 saturated carbocycles. The molecule has 0 spiro atoms. The lowest BCUT2D eigenvalue weighted by Crippen LogP contribution is -2.17. The molecule has 2 aromatic rings. The van der Waals surface area contributed by atoms with Gasteiger partial charge in [0.1, 0.15) is 10.6 Å². The van der Waals surface area contributed by atoms with Crippen LogP contribution in [0.1, 0.15) is 28.4 Å². The first-order valence-electron chi connectivity index (χ1n) is 9.00. The van der Waals surface area contributed by atoms with E-state index in [9.17, 15) is 31.5 Å². The largest absolute Gasteiger partial charge is 0.495 e. The van der Waals surface area contributed by atoms with Crippen LogP contribution in [0.3, 0.4) is 0 Å². The maximum Gasteiger partial charge on any atom is 0.416 e. The Morgan fingerprint density at radius 2 is 1.88 bits per heavy atom. The van der Waals surface area contributed by atoms with E-state index in [2.05, 4.69) is 9.12 Å². The number of thiol groups is 1. The van der Waals surface area contributed by atoms with Crippen molar-refractivity contribution in [1.82, 2.24) is 0 Å². The molecule has 0 bridgehead atoms. The smallest absolute Gasteiger partial charge is 0.416 e. The van der Waals surface area contributed by atoms with Crippen LogP contribution in [0.5, 0.6) is 5.75 Å². The lowest BCUT2D eigenvalue weighted by Gasteiger charge is -2.19. The van der Waals surface area contributed by atoms with Crippen LogP contribution >= 0.6 is 11.1 Å². The molecule has 1 aliphatic rings. The van der Waals surface area contributed by atoms with Gasteiger partial charge in [0, 0.05) is 16.2 Å². The van der Waals surface area contributed by atoms with Crippen LogP contribution in [0.4, 0.5) is 18.9 Å². The molecule has 1 heterocycles. The molecule has 3 rings (SSSR count). The van der Waals surface area contributed by atoms with Gasteiger partial charge >= 0.3 is 12.1 Å². The summed E-state index contributed by atoms with van der Waals surface area (Å²) in [7, 11) is -3.33. The number of ether oxygens (including phenoxy) is 1. The van der Waals surface area contributed by atoms with Crippen LogP contribution in [0.2, 0.25) is 0 Å². The van der Waals surface area contributed by atoms with Crippen molar-refractivity contribution >= 4 is 43.4 Å². The summed E-state index contributed by atoms with van der Waals surface area (Å²) < 4.78 is 77.8. The summed E-state index contributed by atoms with van der Waals surface area (Å²) in [5.41, 5.74) is -0.729. The van der Waals surface area contributed by atoms with Gasteiger partial charge in [-0.1, -0.05) is 6.07 Å². The molecular formula is C20H19F3N2O5S2. The Balaban J connectivity index is 2.16. The predicted octanol–water partition coefficient (Wildman–Crippen LogP) is 4.57. The van der Waals surface area contributed by atoms with Gasteiger partial charge in [-0.25, -0.2) is 17.6 Å². The zero-order chi connectivity index (χ0) is 23.8. The molecule has 0 amide bonds. The van der Waals surface area contributed by atoms with E-state index in [1.54, 1.807) is 19.3 Å². The fraction of sp³-hybridized carbons (Fsp3) is 0.200. The van der Waals surface area contributed by atoms with Crippen molar-refractivity contribution in [2.75, 3.05) is 18.1 Å². The highest BCUT2D eigenvalue weighted by atomic mass is 32.2. The highest BCUT2D eigenvalue weighted by molar-refractivity contribution is 8.23. The van der Waals surface area contributed by atoms with Crippen molar-refractivity contribution < 1.29 is 36.2 Å². The minimum Gasteiger partial charge on any atom is -0.495 e. The molecule has 1 unspecified atom stereocenters. The van der Waals surface area contributed by atoms with Crippen LogP contribution < -0.4 is 9.46 Å². The zero-order valence-corrected chi connectivity index (χ0v) is 18.8. The third-order valence-electron chi connectivity index (χ3n) is 4.57. The van der Waals surface area contributed by atoms with Gasteiger partial charge in [-0.05, 0) is 49.6 Å². The second-order valence-corrected chi connectivity index (χ2v) is 10.2. The maximum absolute atomic E-state index is 13.3. The average Bonchev–Trinajstić information content (AvgIpc) is 3.04. The van der Waals surface area contributed by atoms with E-state index in [-0.39, 0.29) is 22.6 Å². The van der Waals surface area contributed by atoms with E-state index in [1.807, 2.05) is 0 Å². The van der Waals surface area contributed by atoms with Crippen molar-refractivity contribution in [3.8, 4) is 5.75 Å². The number of rotatable bonds is 6. The minimum absolute atomic E-state index is 0.159. The standard InChI is InChI=1S/C20H19F3N2O5S2/c1-11-8-17(31(3)24-11)14-6-5-13(20(21,22)23)10-15(14)25-32(28,29)18-9-12(19(26)27)4-7-16(18)30-2/h4-10,25,31H,1-3H3,(H,26,27). The zero-order valence-electron chi connectivity index (χ0n) is 17.1. The normalized spacial score (nSPS) is 17.5. The Labute approximate surface area is 185 Å². The first kappa shape index (κ1) is 23.7. The van der Waals surface area contributed by atoms with E-state index in [0.717, 1.165) is 24.3 Å². The van der Waals surface area contributed by atoms with E-state index < -0.39 is 43.7 Å². The topological polar surface area (TPSA) is 105 Å². The molecule has 0 aromatic heterocycles. The van der Waals surface area contributed by atoms with Gasteiger partial charge in [0.25, 0.3) is 10.0 Å². The molecule has 32 heavy (non-hydrogen) atoms. The summed E-state index contributed by atoms with van der Waals surface area (Å²) in [4.78, 5) is 11.4. The van der Waals surface area contributed by atoms with Crippen molar-refractivity contribution in [3.63, 3.8) is 0 Å². The Bertz CT molecular complexity index is 1250. The average molecular weight is 489 g/mol. The van der Waals surface area contributed by atoms with Crippen molar-refractivity contribution in [1.29, 1.82) is 0 Å². The SMILES string of the molecule is COc1ccc(C(=O)O)cc1S(=O)(=O)Nc1cc(C(F)(F)F)ccc1C1=CC(C)=N[SH]1C. The number of allylic oxidation sites excluding steroid dienone is 1. The van der Waals surface area contributed by atoms with Crippen LogP contribution in [-0.2, 0) is 16.2 Å². The van der Waals surface area contributed by atoms with Crippen molar-refractivity contribution in [2.45, 2.75) is 18.0 Å². The number of alkyl halides is 3. The highest BCUT2D eigenvalue weighted by Gasteiger charge is 2.33. The van der Waals surface area contributed by atoms with E-state index in [0.29, 0.717) is 16.7 Å². The van der Waals surface area contributed by atoms with Gasteiger partial charge in [0.2, 0.25) is 0 Å². The fourth-order valence-electron chi connectivity index (χ4n) is 3.11. The van der Waals surface area contributed by atoms with Gasteiger partial charge in [-0.3, -0.25) is 4.72 Å². The van der Waals surface area contributed by atoms with Crippen LogP contribution in [0, 0.1) is 0 Å². The Hall–Kier alpha value is -2.99. The van der Waals surface area contributed by atoms with Crippen molar-refractivity contribution in [2.24, 2.45) is 4.40 Å². The lowest BCUT2D eigenvalue weighted by atomic mass is 10.1. The number of sulfonamides is 1. The number of hydrogen-bond acceptors (Lipinski definition) is 5. The highest BCUT2D eigenvalue weighted by Crippen LogP contribution is 2.48. The number of carbonyl (C=O) groups is 1. The first-order valence-corrected chi connectivity index (χ1v) is 12.2. The van der Waals surface area contributed by atoms with Crippen LogP contribution in [-0.4, -0.2) is 38.6 Å². The van der Waals surface area contributed by atoms with Crippen LogP contribution in [0.15, 0.2) is 51.8 Å². The summed E-state index contributed by atoms with van der Waals surface area (Å²) in [6.45, 7) is 1.74. The molecule has 1 aliphatic heterocycles. The number of nitrogens with zero attached hydrogens (tertiary/aromatic N) is 1. The number of methoxy groups -OCH3 is 1. The summed E-state index contributed by atoms with van der Waals surface area (Å²) >= 11 is -1.09. The number of hydrogen-bond donors (Lipinski definition) is 3. The molecular weight excluding hydrogens is 469 g/mol. The molecule has 12 heteroatoms. The molecule has 1 atom stereocenters. The summed E-state index contributed by atoms with van der Waals surface area (Å²) in [6, 6.07) is 5.97. The van der Waals surface area contributed by atoms with Crippen LogP contribution in [0.25, 0.3) is 4.91 Å². The molecule has 7 nitrogen and oxygen atoms in total. The fourth-order valence-corrected chi connectivity index (χ4v) is 5.93. The minimum atomic E-state index is -4.70. The first-order chi connectivity index (χ1) is 14.8. The molecule has 0 saturated heterocycles. The molecule has 0 radical (unpaired) electrons. The Kier molecular flexibility index (Phi) is 6.29. The summed E-state index contributed by atoms with van der Waals surface area (Å²) in [5.74, 6) is -1.53. The number of nitrogens with one attached hydrogen (secondary N) is 1. The van der Waals surface area contributed by atoms with Gasteiger partial charge < -0.3 is 9.84 Å². The maximum atomic E-state index is 13.3. The van der Waals surface area contributed by atoms with E-state index in [4.69, 9.17) is 4.74 Å². The monoisotopic (exact) mass is 488 g/mol. The molecule has 0 aliphatic carbocycles.